The van der Waals surface area contributed by atoms with Crippen molar-refractivity contribution in [3.63, 3.8) is 0 Å². The summed E-state index contributed by atoms with van der Waals surface area (Å²) >= 11 is 3.45. The number of anilines is 1. The highest BCUT2D eigenvalue weighted by Crippen LogP contribution is 2.25. The Labute approximate surface area is 119 Å². The van der Waals surface area contributed by atoms with E-state index < -0.39 is 12.7 Å². The lowest BCUT2D eigenvalue weighted by atomic mass is 10.0. The molecule has 0 amide bonds. The van der Waals surface area contributed by atoms with Gasteiger partial charge in [-0.15, -0.1) is 0 Å². The van der Waals surface area contributed by atoms with Gasteiger partial charge in [0.2, 0.25) is 0 Å². The van der Waals surface area contributed by atoms with E-state index in [1.54, 1.807) is 0 Å². The molecule has 1 aliphatic heterocycles. The highest BCUT2D eigenvalue weighted by Gasteiger charge is 2.32. The van der Waals surface area contributed by atoms with Crippen LogP contribution < -0.4 is 5.32 Å². The minimum Gasteiger partial charge on any atom is -0.381 e. The fraction of sp³-hybridized carbons (Fsp3) is 0.538. The number of nitrogens with one attached hydrogen (secondary N) is 1. The number of para-hydroxylation sites is 1. The maximum atomic E-state index is 12.3. The van der Waals surface area contributed by atoms with Gasteiger partial charge in [-0.05, 0) is 40.9 Å². The third-order valence-corrected chi connectivity index (χ3v) is 3.92. The molecular formula is C13H16BrF3N2. The summed E-state index contributed by atoms with van der Waals surface area (Å²) in [6, 6.07) is 8.02. The van der Waals surface area contributed by atoms with Gasteiger partial charge in [-0.3, -0.25) is 4.90 Å². The third kappa shape index (κ3) is 4.69. The molecule has 2 rings (SSSR count). The fourth-order valence-electron chi connectivity index (χ4n) is 2.29. The maximum Gasteiger partial charge on any atom is 0.401 e. The zero-order chi connectivity index (χ0) is 13.9. The van der Waals surface area contributed by atoms with Gasteiger partial charge in [-0.2, -0.15) is 13.2 Å². The van der Waals surface area contributed by atoms with Crippen LogP contribution in [0.1, 0.15) is 12.8 Å². The quantitative estimate of drug-likeness (QED) is 0.900. The molecule has 19 heavy (non-hydrogen) atoms. The van der Waals surface area contributed by atoms with Crippen molar-refractivity contribution in [1.29, 1.82) is 0 Å². The smallest absolute Gasteiger partial charge is 0.381 e. The molecule has 0 atom stereocenters. The van der Waals surface area contributed by atoms with Crippen LogP contribution in [0, 0.1) is 0 Å². The van der Waals surface area contributed by atoms with E-state index in [4.69, 9.17) is 0 Å². The summed E-state index contributed by atoms with van der Waals surface area (Å²) in [5.41, 5.74) is 0.997. The van der Waals surface area contributed by atoms with Crippen molar-refractivity contribution in [3.05, 3.63) is 28.7 Å². The van der Waals surface area contributed by atoms with Crippen molar-refractivity contribution < 1.29 is 13.2 Å². The van der Waals surface area contributed by atoms with Gasteiger partial charge in [0, 0.05) is 29.3 Å². The molecule has 0 aromatic heterocycles. The number of nitrogens with zero attached hydrogens (tertiary/aromatic N) is 1. The lowest BCUT2D eigenvalue weighted by Crippen LogP contribution is -2.43. The predicted molar refractivity (Wildman–Crippen MR) is 73.3 cm³/mol. The summed E-state index contributed by atoms with van der Waals surface area (Å²) in [7, 11) is 0. The van der Waals surface area contributed by atoms with E-state index in [9.17, 15) is 13.2 Å². The molecule has 1 fully saturated rings. The molecule has 0 radical (unpaired) electrons. The second-order valence-corrected chi connectivity index (χ2v) is 5.64. The summed E-state index contributed by atoms with van der Waals surface area (Å²) in [5.74, 6) is 0. The Kier molecular flexibility index (Phi) is 4.73. The van der Waals surface area contributed by atoms with E-state index in [1.165, 1.54) is 4.90 Å². The summed E-state index contributed by atoms with van der Waals surface area (Å²) in [6.07, 6.45) is -2.63. The van der Waals surface area contributed by atoms with Crippen LogP contribution in [-0.4, -0.2) is 36.8 Å². The van der Waals surface area contributed by atoms with Crippen LogP contribution in [0.25, 0.3) is 0 Å². The van der Waals surface area contributed by atoms with E-state index in [2.05, 4.69) is 21.2 Å². The first-order chi connectivity index (χ1) is 8.94. The Morgan fingerprint density at radius 1 is 1.21 bits per heavy atom. The van der Waals surface area contributed by atoms with Crippen molar-refractivity contribution in [2.75, 3.05) is 25.0 Å². The molecule has 0 aliphatic carbocycles. The molecule has 1 aliphatic rings. The zero-order valence-corrected chi connectivity index (χ0v) is 12.0. The van der Waals surface area contributed by atoms with Crippen LogP contribution in [0.15, 0.2) is 28.7 Å². The Bertz CT molecular complexity index is 415. The number of alkyl halides is 3. The highest BCUT2D eigenvalue weighted by atomic mass is 79.9. The number of hydrogen-bond acceptors (Lipinski definition) is 2. The van der Waals surface area contributed by atoms with Gasteiger partial charge < -0.3 is 5.32 Å². The summed E-state index contributed by atoms with van der Waals surface area (Å²) in [6.45, 7) is 0.179. The first-order valence-corrected chi connectivity index (χ1v) is 7.03. The van der Waals surface area contributed by atoms with Gasteiger partial charge in [-0.25, -0.2) is 0 Å². The molecule has 1 saturated heterocycles. The van der Waals surface area contributed by atoms with Gasteiger partial charge >= 0.3 is 6.18 Å². The van der Waals surface area contributed by atoms with Gasteiger partial charge in [-0.1, -0.05) is 12.1 Å². The van der Waals surface area contributed by atoms with Crippen LogP contribution in [0.2, 0.25) is 0 Å². The van der Waals surface area contributed by atoms with Crippen molar-refractivity contribution in [2.45, 2.75) is 25.1 Å². The fourth-order valence-corrected chi connectivity index (χ4v) is 2.69. The summed E-state index contributed by atoms with van der Waals surface area (Å²) < 4.78 is 37.8. The number of rotatable bonds is 3. The molecule has 6 heteroatoms. The first-order valence-electron chi connectivity index (χ1n) is 6.24. The number of benzene rings is 1. The maximum absolute atomic E-state index is 12.3. The summed E-state index contributed by atoms with van der Waals surface area (Å²) in [5, 5.41) is 3.38. The van der Waals surface area contributed by atoms with Gasteiger partial charge in [0.15, 0.2) is 0 Å². The molecule has 0 unspecified atom stereocenters. The minimum absolute atomic E-state index is 0.239. The molecule has 0 spiro atoms. The zero-order valence-electron chi connectivity index (χ0n) is 10.4. The molecule has 1 N–H and O–H groups in total. The SMILES string of the molecule is FC(F)(F)CN1CCC(Nc2ccccc2Br)CC1. The molecule has 106 valence electrons. The van der Waals surface area contributed by atoms with Gasteiger partial charge in [0.05, 0.1) is 6.54 Å². The first kappa shape index (κ1) is 14.7. The lowest BCUT2D eigenvalue weighted by Gasteiger charge is -2.33. The normalized spacial score (nSPS) is 18.5. The standard InChI is InChI=1S/C13H16BrF3N2/c14-11-3-1-2-4-12(11)18-10-5-7-19(8-6-10)9-13(15,16)17/h1-4,10,18H,5-9H2. The van der Waals surface area contributed by atoms with Crippen LogP contribution in [0.5, 0.6) is 0 Å². The van der Waals surface area contributed by atoms with Gasteiger partial charge in [0.25, 0.3) is 0 Å². The van der Waals surface area contributed by atoms with Crippen LogP contribution in [0.3, 0.4) is 0 Å². The van der Waals surface area contributed by atoms with Crippen LogP contribution in [-0.2, 0) is 0 Å². The Balaban J connectivity index is 1.82. The van der Waals surface area contributed by atoms with Crippen molar-refractivity contribution >= 4 is 21.6 Å². The van der Waals surface area contributed by atoms with E-state index in [0.29, 0.717) is 13.1 Å². The van der Waals surface area contributed by atoms with Gasteiger partial charge in [0.1, 0.15) is 0 Å². The highest BCUT2D eigenvalue weighted by molar-refractivity contribution is 9.10. The molecule has 1 aromatic carbocycles. The second-order valence-electron chi connectivity index (χ2n) is 4.79. The van der Waals surface area contributed by atoms with E-state index >= 15 is 0 Å². The number of likely N-dealkylation sites (tertiary alicyclic amines) is 1. The number of piperidine rings is 1. The number of hydrogen-bond donors (Lipinski definition) is 1. The van der Waals surface area contributed by atoms with Crippen molar-refractivity contribution in [3.8, 4) is 0 Å². The monoisotopic (exact) mass is 336 g/mol. The van der Waals surface area contributed by atoms with Crippen LogP contribution in [0.4, 0.5) is 18.9 Å². The molecule has 1 heterocycles. The largest absolute Gasteiger partial charge is 0.401 e. The third-order valence-electron chi connectivity index (χ3n) is 3.22. The topological polar surface area (TPSA) is 15.3 Å². The lowest BCUT2D eigenvalue weighted by molar-refractivity contribution is -0.147. The Morgan fingerprint density at radius 2 is 1.84 bits per heavy atom. The second kappa shape index (κ2) is 6.13. The van der Waals surface area contributed by atoms with Crippen LogP contribution >= 0.6 is 15.9 Å². The predicted octanol–water partition coefficient (Wildman–Crippen LogP) is 3.89. The molecular weight excluding hydrogens is 321 g/mol. The summed E-state index contributed by atoms with van der Waals surface area (Å²) in [4.78, 5) is 1.47. The van der Waals surface area contributed by atoms with E-state index in [0.717, 1.165) is 23.0 Å². The van der Waals surface area contributed by atoms with E-state index in [1.807, 2.05) is 24.3 Å². The van der Waals surface area contributed by atoms with Crippen molar-refractivity contribution in [1.82, 2.24) is 4.90 Å². The number of halogens is 4. The average Bonchev–Trinajstić information content (AvgIpc) is 2.33. The Morgan fingerprint density at radius 3 is 2.42 bits per heavy atom. The minimum atomic E-state index is -4.09. The molecule has 2 nitrogen and oxygen atoms in total. The van der Waals surface area contributed by atoms with E-state index in [-0.39, 0.29) is 6.04 Å². The molecule has 0 bridgehead atoms. The average molecular weight is 337 g/mol. The van der Waals surface area contributed by atoms with Crippen molar-refractivity contribution in [2.24, 2.45) is 0 Å². The Hall–Kier alpha value is -0.750. The molecule has 1 aromatic rings. The molecule has 0 saturated carbocycles.